The summed E-state index contributed by atoms with van der Waals surface area (Å²) in [7, 11) is 3.87. The lowest BCUT2D eigenvalue weighted by atomic mass is 10.3. The monoisotopic (exact) mass is 281 g/mol. The third-order valence-corrected chi connectivity index (χ3v) is 3.34. The van der Waals surface area contributed by atoms with Crippen LogP contribution in [0.15, 0.2) is 9.41 Å². The van der Waals surface area contributed by atoms with Gasteiger partial charge in [-0.1, -0.05) is 0 Å². The molecule has 0 aliphatic heterocycles. The molecule has 0 bridgehead atoms. The molecule has 0 saturated heterocycles. The van der Waals surface area contributed by atoms with E-state index in [1.165, 1.54) is 0 Å². The van der Waals surface area contributed by atoms with Crippen LogP contribution >= 0.6 is 0 Å². The summed E-state index contributed by atoms with van der Waals surface area (Å²) in [5.74, 6) is 2.31. The number of guanidine groups is 1. The van der Waals surface area contributed by atoms with Crippen LogP contribution in [0.1, 0.15) is 31.2 Å². The quantitative estimate of drug-likeness (QED) is 0.608. The van der Waals surface area contributed by atoms with Gasteiger partial charge >= 0.3 is 0 Å². The Hall–Kier alpha value is -1.56. The highest BCUT2D eigenvalue weighted by atomic mass is 16.4. The van der Waals surface area contributed by atoms with Gasteiger partial charge in [-0.2, -0.15) is 0 Å². The van der Waals surface area contributed by atoms with E-state index in [4.69, 9.17) is 4.42 Å². The molecule has 0 radical (unpaired) electrons. The molecule has 0 aromatic carbocycles. The predicted octanol–water partition coefficient (Wildman–Crippen LogP) is 1.30. The molecule has 114 valence electrons. The van der Waals surface area contributed by atoms with Gasteiger partial charge in [0.25, 0.3) is 0 Å². The van der Waals surface area contributed by atoms with Crippen LogP contribution in [-0.2, 0) is 6.54 Å². The van der Waals surface area contributed by atoms with Crippen LogP contribution < -0.4 is 10.6 Å². The van der Waals surface area contributed by atoms with Crippen molar-refractivity contribution in [3.05, 3.63) is 17.3 Å². The fraction of sp³-hybridized carbons (Fsp3) is 0.714. The summed E-state index contributed by atoms with van der Waals surface area (Å²) < 4.78 is 5.52. The molecule has 0 saturated carbocycles. The largest absolute Gasteiger partial charge is 0.444 e. The Morgan fingerprint density at radius 2 is 2.05 bits per heavy atom. The van der Waals surface area contributed by atoms with Gasteiger partial charge in [-0.25, -0.2) is 4.98 Å². The lowest BCUT2D eigenvalue weighted by molar-refractivity contribution is 0.278. The molecular formula is C14H27N5O. The summed E-state index contributed by atoms with van der Waals surface area (Å²) in [5, 5.41) is 6.47. The van der Waals surface area contributed by atoms with Gasteiger partial charge in [-0.3, -0.25) is 4.99 Å². The highest BCUT2D eigenvalue weighted by Crippen LogP contribution is 2.07. The summed E-state index contributed by atoms with van der Waals surface area (Å²) in [6, 6.07) is 0.546. The Balaban J connectivity index is 2.33. The van der Waals surface area contributed by atoms with E-state index in [2.05, 4.69) is 46.4 Å². The number of oxazole rings is 1. The summed E-state index contributed by atoms with van der Waals surface area (Å²) in [6.45, 7) is 10.6. The smallest absolute Gasteiger partial charge is 0.214 e. The van der Waals surface area contributed by atoms with E-state index in [1.54, 1.807) is 7.05 Å². The normalized spacial score (nSPS) is 12.3. The van der Waals surface area contributed by atoms with Crippen molar-refractivity contribution in [2.45, 2.75) is 40.3 Å². The predicted molar refractivity (Wildman–Crippen MR) is 81.9 cm³/mol. The molecule has 1 aromatic rings. The summed E-state index contributed by atoms with van der Waals surface area (Å²) in [5.41, 5.74) is 0.934. The molecule has 0 aliphatic rings. The van der Waals surface area contributed by atoms with Crippen molar-refractivity contribution >= 4 is 5.96 Å². The second-order valence-corrected chi connectivity index (χ2v) is 5.18. The molecular weight excluding hydrogens is 254 g/mol. The topological polar surface area (TPSA) is 65.7 Å². The number of nitrogens with zero attached hydrogens (tertiary/aromatic N) is 3. The standard InChI is InChI=1S/C14H27N5O/c1-10(2)19(6)8-7-16-14(15-5)17-9-13-18-11(3)12(4)20-13/h10H,7-9H2,1-6H3,(H2,15,16,17). The van der Waals surface area contributed by atoms with E-state index < -0.39 is 0 Å². The molecule has 1 rings (SSSR count). The number of rotatable bonds is 6. The van der Waals surface area contributed by atoms with Crippen molar-refractivity contribution in [1.82, 2.24) is 20.5 Å². The van der Waals surface area contributed by atoms with Gasteiger partial charge in [0.05, 0.1) is 12.2 Å². The lowest BCUT2D eigenvalue weighted by Crippen LogP contribution is -2.41. The average Bonchev–Trinajstić information content (AvgIpc) is 2.72. The second kappa shape index (κ2) is 7.89. The van der Waals surface area contributed by atoms with Gasteiger partial charge in [0.2, 0.25) is 5.89 Å². The molecule has 0 fully saturated rings. The fourth-order valence-corrected chi connectivity index (χ4v) is 1.60. The first-order valence-corrected chi connectivity index (χ1v) is 7.01. The van der Waals surface area contributed by atoms with Crippen molar-refractivity contribution < 1.29 is 4.42 Å². The molecule has 20 heavy (non-hydrogen) atoms. The minimum absolute atomic E-state index is 0.536. The van der Waals surface area contributed by atoms with Crippen LogP contribution in [0.4, 0.5) is 0 Å². The zero-order chi connectivity index (χ0) is 15.1. The van der Waals surface area contributed by atoms with Gasteiger partial charge in [0.15, 0.2) is 5.96 Å². The van der Waals surface area contributed by atoms with E-state index in [1.807, 2.05) is 13.8 Å². The first-order chi connectivity index (χ1) is 9.43. The zero-order valence-electron chi connectivity index (χ0n) is 13.4. The average molecular weight is 281 g/mol. The van der Waals surface area contributed by atoms with E-state index >= 15 is 0 Å². The molecule has 1 heterocycles. The van der Waals surface area contributed by atoms with Crippen molar-refractivity contribution in [3.63, 3.8) is 0 Å². The van der Waals surface area contributed by atoms with Crippen molar-refractivity contribution in [1.29, 1.82) is 0 Å². The molecule has 0 aliphatic carbocycles. The third kappa shape index (κ3) is 5.21. The minimum atomic E-state index is 0.536. The van der Waals surface area contributed by atoms with Gasteiger partial charge in [-0.15, -0.1) is 0 Å². The van der Waals surface area contributed by atoms with E-state index in [9.17, 15) is 0 Å². The molecule has 0 unspecified atom stereocenters. The van der Waals surface area contributed by atoms with Crippen LogP contribution in [0.3, 0.4) is 0 Å². The zero-order valence-corrected chi connectivity index (χ0v) is 13.4. The first-order valence-electron chi connectivity index (χ1n) is 7.01. The van der Waals surface area contributed by atoms with Gasteiger partial charge in [0.1, 0.15) is 5.76 Å². The van der Waals surface area contributed by atoms with Crippen LogP contribution in [-0.4, -0.2) is 49.1 Å². The summed E-state index contributed by atoms with van der Waals surface area (Å²) >= 11 is 0. The van der Waals surface area contributed by atoms with Gasteiger partial charge < -0.3 is 20.0 Å². The van der Waals surface area contributed by atoms with Crippen LogP contribution in [0.25, 0.3) is 0 Å². The number of likely N-dealkylation sites (N-methyl/N-ethyl adjacent to an activating group) is 1. The van der Waals surface area contributed by atoms with E-state index in [0.717, 1.165) is 30.5 Å². The van der Waals surface area contributed by atoms with Crippen molar-refractivity contribution in [3.8, 4) is 0 Å². The summed E-state index contributed by atoms with van der Waals surface area (Å²) in [6.07, 6.45) is 0. The van der Waals surface area contributed by atoms with Gasteiger partial charge in [0, 0.05) is 26.2 Å². The van der Waals surface area contributed by atoms with Crippen molar-refractivity contribution in [2.75, 3.05) is 27.2 Å². The SMILES string of the molecule is CN=C(NCCN(C)C(C)C)NCc1nc(C)c(C)o1. The number of hydrogen-bond donors (Lipinski definition) is 2. The van der Waals surface area contributed by atoms with E-state index in [0.29, 0.717) is 18.5 Å². The Kier molecular flexibility index (Phi) is 6.51. The Bertz CT molecular complexity index is 419. The molecule has 0 amide bonds. The maximum absolute atomic E-state index is 5.52. The second-order valence-electron chi connectivity index (χ2n) is 5.18. The Morgan fingerprint density at radius 1 is 1.35 bits per heavy atom. The molecule has 0 spiro atoms. The number of hydrogen-bond acceptors (Lipinski definition) is 4. The molecule has 6 nitrogen and oxygen atoms in total. The molecule has 6 heteroatoms. The van der Waals surface area contributed by atoms with Crippen LogP contribution in [0.5, 0.6) is 0 Å². The minimum Gasteiger partial charge on any atom is -0.444 e. The number of aryl methyl sites for hydroxylation is 2. The van der Waals surface area contributed by atoms with Gasteiger partial charge in [-0.05, 0) is 34.7 Å². The maximum Gasteiger partial charge on any atom is 0.214 e. The highest BCUT2D eigenvalue weighted by Gasteiger charge is 2.07. The summed E-state index contributed by atoms with van der Waals surface area (Å²) in [4.78, 5) is 10.8. The van der Waals surface area contributed by atoms with E-state index in [-0.39, 0.29) is 0 Å². The number of aromatic nitrogens is 1. The molecule has 0 atom stereocenters. The van der Waals surface area contributed by atoms with Crippen LogP contribution in [0.2, 0.25) is 0 Å². The number of aliphatic imine (C=N–C) groups is 1. The highest BCUT2D eigenvalue weighted by molar-refractivity contribution is 5.79. The van der Waals surface area contributed by atoms with Crippen molar-refractivity contribution in [2.24, 2.45) is 4.99 Å². The number of nitrogens with one attached hydrogen (secondary N) is 2. The Morgan fingerprint density at radius 3 is 2.55 bits per heavy atom. The molecule has 2 N–H and O–H groups in total. The third-order valence-electron chi connectivity index (χ3n) is 3.34. The fourth-order valence-electron chi connectivity index (χ4n) is 1.60. The van der Waals surface area contributed by atoms with Crippen LogP contribution in [0, 0.1) is 13.8 Å². The Labute approximate surface area is 121 Å². The maximum atomic E-state index is 5.52. The first kappa shape index (κ1) is 16.5. The molecule has 1 aromatic heterocycles. The lowest BCUT2D eigenvalue weighted by Gasteiger charge is -2.21.